The monoisotopic (exact) mass is 288 g/mol. The summed E-state index contributed by atoms with van der Waals surface area (Å²) in [7, 11) is 3.23. The van der Waals surface area contributed by atoms with Crippen LogP contribution >= 0.6 is 0 Å². The molecule has 0 unspecified atom stereocenters. The molecule has 0 fully saturated rings. The van der Waals surface area contributed by atoms with Gasteiger partial charge in [0.2, 0.25) is 0 Å². The molecule has 0 aliphatic carbocycles. The van der Waals surface area contributed by atoms with Crippen molar-refractivity contribution in [3.05, 3.63) is 30.3 Å². The first-order valence-electron chi connectivity index (χ1n) is 6.72. The summed E-state index contributed by atoms with van der Waals surface area (Å²) in [5.41, 5.74) is 0.174. The Hall–Kier alpha value is -2.30. The number of anilines is 1. The van der Waals surface area contributed by atoms with E-state index in [2.05, 4.69) is 4.98 Å². The van der Waals surface area contributed by atoms with Gasteiger partial charge < -0.3 is 9.47 Å². The molecule has 0 saturated carbocycles. The Morgan fingerprint density at radius 2 is 1.90 bits per heavy atom. The van der Waals surface area contributed by atoms with E-state index in [9.17, 15) is 4.79 Å². The maximum atomic E-state index is 12.1. The van der Waals surface area contributed by atoms with Crippen molar-refractivity contribution in [2.45, 2.75) is 26.4 Å². The van der Waals surface area contributed by atoms with Crippen LogP contribution in [-0.2, 0) is 4.74 Å². The molecule has 0 N–H and O–H groups in total. The number of pyridine rings is 1. The Morgan fingerprint density at radius 3 is 2.52 bits per heavy atom. The first-order chi connectivity index (χ1) is 9.81. The highest BCUT2D eigenvalue weighted by molar-refractivity contribution is 5.90. The van der Waals surface area contributed by atoms with Crippen molar-refractivity contribution in [1.82, 2.24) is 4.98 Å². The van der Waals surface area contributed by atoms with Gasteiger partial charge in [-0.25, -0.2) is 9.78 Å². The standard InChI is InChI=1S/C16H20N2O3/c1-16(2,3)21-15(19)18(4)13-10-9-11-7-6-8-12(20-5)14(11)17-13/h6-10H,1-5H3. The van der Waals surface area contributed by atoms with E-state index in [1.165, 1.54) is 4.90 Å². The smallest absolute Gasteiger partial charge is 0.415 e. The molecule has 2 aromatic rings. The molecule has 112 valence electrons. The number of aromatic nitrogens is 1. The number of carbonyl (C=O) groups excluding carboxylic acids is 1. The number of amides is 1. The van der Waals surface area contributed by atoms with Gasteiger partial charge in [-0.15, -0.1) is 0 Å². The molecule has 1 aromatic carbocycles. The summed E-state index contributed by atoms with van der Waals surface area (Å²) < 4.78 is 10.6. The number of nitrogens with zero attached hydrogens (tertiary/aromatic N) is 2. The second kappa shape index (κ2) is 5.60. The first kappa shape index (κ1) is 15.1. The van der Waals surface area contributed by atoms with Gasteiger partial charge in [-0.05, 0) is 39.0 Å². The van der Waals surface area contributed by atoms with Crippen LogP contribution in [0.1, 0.15) is 20.8 Å². The molecular formula is C16H20N2O3. The zero-order chi connectivity index (χ0) is 15.6. The predicted molar refractivity (Wildman–Crippen MR) is 82.9 cm³/mol. The molecule has 0 radical (unpaired) electrons. The number of hydrogen-bond donors (Lipinski definition) is 0. The van der Waals surface area contributed by atoms with Crippen LogP contribution in [0.25, 0.3) is 10.9 Å². The molecule has 5 nitrogen and oxygen atoms in total. The van der Waals surface area contributed by atoms with E-state index in [1.54, 1.807) is 20.2 Å². The zero-order valence-electron chi connectivity index (χ0n) is 13.0. The molecule has 0 aliphatic heterocycles. The number of benzene rings is 1. The van der Waals surface area contributed by atoms with Crippen molar-refractivity contribution >= 4 is 22.8 Å². The average molecular weight is 288 g/mol. The summed E-state index contributed by atoms with van der Waals surface area (Å²) in [6.45, 7) is 5.49. The highest BCUT2D eigenvalue weighted by Gasteiger charge is 2.21. The maximum Gasteiger partial charge on any atom is 0.415 e. The summed E-state index contributed by atoms with van der Waals surface area (Å²) in [6.07, 6.45) is -0.441. The summed E-state index contributed by atoms with van der Waals surface area (Å²) in [4.78, 5) is 18.0. The van der Waals surface area contributed by atoms with Crippen molar-refractivity contribution in [1.29, 1.82) is 0 Å². The second-order valence-electron chi connectivity index (χ2n) is 5.74. The van der Waals surface area contributed by atoms with Crippen LogP contribution in [0.5, 0.6) is 5.75 Å². The van der Waals surface area contributed by atoms with E-state index < -0.39 is 11.7 Å². The van der Waals surface area contributed by atoms with E-state index >= 15 is 0 Å². The van der Waals surface area contributed by atoms with Gasteiger partial charge in [-0.2, -0.15) is 0 Å². The van der Waals surface area contributed by atoms with Crippen LogP contribution in [-0.4, -0.2) is 30.8 Å². The fraction of sp³-hybridized carbons (Fsp3) is 0.375. The molecule has 0 bridgehead atoms. The van der Waals surface area contributed by atoms with Crippen LogP contribution in [0.2, 0.25) is 0 Å². The zero-order valence-corrected chi connectivity index (χ0v) is 13.0. The van der Waals surface area contributed by atoms with Gasteiger partial charge in [0.25, 0.3) is 0 Å². The van der Waals surface area contributed by atoms with Gasteiger partial charge in [0, 0.05) is 12.4 Å². The van der Waals surface area contributed by atoms with Crippen molar-refractivity contribution in [2.75, 3.05) is 19.1 Å². The van der Waals surface area contributed by atoms with Crippen molar-refractivity contribution in [3.8, 4) is 5.75 Å². The van der Waals surface area contributed by atoms with Crippen LogP contribution in [0, 0.1) is 0 Å². The first-order valence-corrected chi connectivity index (χ1v) is 6.72. The number of hydrogen-bond acceptors (Lipinski definition) is 4. The SMILES string of the molecule is COc1cccc2ccc(N(C)C(=O)OC(C)(C)C)nc12. The lowest BCUT2D eigenvalue weighted by molar-refractivity contribution is 0.0588. The molecule has 1 aromatic heterocycles. The molecule has 1 amide bonds. The van der Waals surface area contributed by atoms with E-state index in [-0.39, 0.29) is 0 Å². The van der Waals surface area contributed by atoms with Crippen LogP contribution in [0.4, 0.5) is 10.6 Å². The molecule has 0 saturated heterocycles. The van der Waals surface area contributed by atoms with Crippen molar-refractivity contribution < 1.29 is 14.3 Å². The minimum Gasteiger partial charge on any atom is -0.494 e. The molecule has 0 spiro atoms. The van der Waals surface area contributed by atoms with E-state index in [0.29, 0.717) is 17.1 Å². The molecule has 0 aliphatic rings. The highest BCUT2D eigenvalue weighted by atomic mass is 16.6. The quantitative estimate of drug-likeness (QED) is 0.847. The highest BCUT2D eigenvalue weighted by Crippen LogP contribution is 2.26. The molecule has 0 atom stereocenters. The molecule has 21 heavy (non-hydrogen) atoms. The summed E-state index contributed by atoms with van der Waals surface area (Å²) in [5.74, 6) is 1.19. The Kier molecular flexibility index (Phi) is 4.02. The van der Waals surface area contributed by atoms with Crippen LogP contribution in [0.3, 0.4) is 0 Å². The number of methoxy groups -OCH3 is 1. The van der Waals surface area contributed by atoms with E-state index in [1.807, 2.05) is 45.0 Å². The third-order valence-electron chi connectivity index (χ3n) is 2.90. The lowest BCUT2D eigenvalue weighted by Crippen LogP contribution is -2.34. The normalized spacial score (nSPS) is 11.3. The summed E-state index contributed by atoms with van der Waals surface area (Å²) >= 11 is 0. The van der Waals surface area contributed by atoms with Gasteiger partial charge >= 0.3 is 6.09 Å². The van der Waals surface area contributed by atoms with Crippen LogP contribution in [0.15, 0.2) is 30.3 Å². The molecule has 2 rings (SSSR count). The predicted octanol–water partition coefficient (Wildman–Crippen LogP) is 3.61. The Labute approximate surface area is 124 Å². The van der Waals surface area contributed by atoms with E-state index in [4.69, 9.17) is 9.47 Å². The van der Waals surface area contributed by atoms with Crippen LogP contribution < -0.4 is 9.64 Å². The number of rotatable bonds is 2. The van der Waals surface area contributed by atoms with Crippen molar-refractivity contribution in [3.63, 3.8) is 0 Å². The minimum atomic E-state index is -0.542. The average Bonchev–Trinajstić information content (AvgIpc) is 2.43. The number of ether oxygens (including phenoxy) is 2. The minimum absolute atomic E-state index is 0.441. The fourth-order valence-electron chi connectivity index (χ4n) is 1.89. The third kappa shape index (κ3) is 3.42. The fourth-order valence-corrected chi connectivity index (χ4v) is 1.89. The molecular weight excluding hydrogens is 268 g/mol. The van der Waals surface area contributed by atoms with Gasteiger partial charge in [-0.3, -0.25) is 4.90 Å². The number of carbonyl (C=O) groups is 1. The Morgan fingerprint density at radius 1 is 1.19 bits per heavy atom. The van der Waals surface area contributed by atoms with Gasteiger partial charge in [0.05, 0.1) is 7.11 Å². The number of fused-ring (bicyclic) bond motifs is 1. The Balaban J connectivity index is 2.36. The lowest BCUT2D eigenvalue weighted by atomic mass is 10.2. The van der Waals surface area contributed by atoms with Gasteiger partial charge in [0.15, 0.2) is 0 Å². The number of para-hydroxylation sites is 1. The largest absolute Gasteiger partial charge is 0.494 e. The molecule has 5 heteroatoms. The third-order valence-corrected chi connectivity index (χ3v) is 2.90. The van der Waals surface area contributed by atoms with Crippen molar-refractivity contribution in [2.24, 2.45) is 0 Å². The van der Waals surface area contributed by atoms with E-state index in [0.717, 1.165) is 5.39 Å². The second-order valence-corrected chi connectivity index (χ2v) is 5.74. The maximum absolute atomic E-state index is 12.1. The van der Waals surface area contributed by atoms with Gasteiger partial charge in [0.1, 0.15) is 22.7 Å². The lowest BCUT2D eigenvalue weighted by Gasteiger charge is -2.24. The summed E-state index contributed by atoms with van der Waals surface area (Å²) in [5, 5.41) is 0.954. The molecule has 1 heterocycles. The van der Waals surface area contributed by atoms with Gasteiger partial charge in [-0.1, -0.05) is 12.1 Å². The topological polar surface area (TPSA) is 51.7 Å². The summed E-state index contributed by atoms with van der Waals surface area (Å²) in [6, 6.07) is 9.38. The Bertz CT molecular complexity index is 662.